The predicted molar refractivity (Wildman–Crippen MR) is 93.4 cm³/mol. The van der Waals surface area contributed by atoms with Crippen LogP contribution in [-0.2, 0) is 17.3 Å². The molecule has 0 saturated heterocycles. The summed E-state index contributed by atoms with van der Waals surface area (Å²) in [5.74, 6) is 1.30. The van der Waals surface area contributed by atoms with Gasteiger partial charge in [-0.25, -0.2) is 9.97 Å². The molecular formula is C18H18N6O. The molecule has 0 saturated carbocycles. The molecule has 3 aromatic rings. The number of hydrogen-bond acceptors (Lipinski definition) is 5. The Kier molecular flexibility index (Phi) is 3.21. The van der Waals surface area contributed by atoms with Crippen LogP contribution in [0, 0.1) is 6.92 Å². The molecule has 7 heteroatoms. The largest absolute Gasteiger partial charge is 0.274 e. The molecular weight excluding hydrogens is 316 g/mol. The zero-order valence-electron chi connectivity index (χ0n) is 14.6. The molecule has 1 aliphatic heterocycles. The van der Waals surface area contributed by atoms with Crippen molar-refractivity contribution in [3.63, 3.8) is 0 Å². The van der Waals surface area contributed by atoms with Crippen LogP contribution in [0.4, 0.5) is 11.5 Å². The molecule has 0 aromatic carbocycles. The molecule has 0 bridgehead atoms. The highest BCUT2D eigenvalue weighted by Gasteiger charge is 2.45. The van der Waals surface area contributed by atoms with Gasteiger partial charge < -0.3 is 0 Å². The summed E-state index contributed by atoms with van der Waals surface area (Å²) in [5.41, 5.74) is 2.58. The number of hydrogen-bond donors (Lipinski definition) is 0. The lowest BCUT2D eigenvalue weighted by Gasteiger charge is -2.18. The van der Waals surface area contributed by atoms with Gasteiger partial charge >= 0.3 is 0 Å². The third-order valence-electron chi connectivity index (χ3n) is 4.54. The Hall–Kier alpha value is -3.09. The summed E-state index contributed by atoms with van der Waals surface area (Å²) in [6, 6.07) is 3.74. The molecule has 0 N–H and O–H groups in total. The molecule has 0 fully saturated rings. The SMILES string of the molecule is Cc1ncc(-c2cc3c(cn2)C(C)(C)C(=O)N3c2ccn(C)n2)cn1. The average Bonchev–Trinajstić information content (AvgIpc) is 3.08. The second-order valence-electron chi connectivity index (χ2n) is 6.72. The average molecular weight is 334 g/mol. The van der Waals surface area contributed by atoms with Crippen molar-refractivity contribution in [2.75, 3.05) is 4.90 Å². The Balaban J connectivity index is 1.88. The minimum atomic E-state index is -0.651. The number of carbonyl (C=O) groups excluding carboxylic acids is 1. The Morgan fingerprint density at radius 2 is 1.80 bits per heavy atom. The van der Waals surface area contributed by atoms with Crippen LogP contribution >= 0.6 is 0 Å². The molecule has 4 heterocycles. The van der Waals surface area contributed by atoms with Crippen molar-refractivity contribution in [3.8, 4) is 11.3 Å². The first-order valence-corrected chi connectivity index (χ1v) is 8.01. The number of amides is 1. The minimum absolute atomic E-state index is 0.0136. The van der Waals surface area contributed by atoms with E-state index < -0.39 is 5.41 Å². The van der Waals surface area contributed by atoms with Gasteiger partial charge in [-0.2, -0.15) is 5.10 Å². The summed E-state index contributed by atoms with van der Waals surface area (Å²) in [4.78, 5) is 27.7. The molecule has 0 unspecified atom stereocenters. The highest BCUT2D eigenvalue weighted by atomic mass is 16.2. The van der Waals surface area contributed by atoms with Crippen molar-refractivity contribution in [1.82, 2.24) is 24.7 Å². The summed E-state index contributed by atoms with van der Waals surface area (Å²) >= 11 is 0. The van der Waals surface area contributed by atoms with Gasteiger partial charge in [-0.1, -0.05) is 0 Å². The number of carbonyl (C=O) groups is 1. The van der Waals surface area contributed by atoms with Crippen LogP contribution in [0.3, 0.4) is 0 Å². The molecule has 7 nitrogen and oxygen atoms in total. The normalized spacial score (nSPS) is 15.5. The Morgan fingerprint density at radius 3 is 2.44 bits per heavy atom. The molecule has 0 atom stereocenters. The van der Waals surface area contributed by atoms with E-state index in [9.17, 15) is 4.79 Å². The molecule has 25 heavy (non-hydrogen) atoms. The second-order valence-corrected chi connectivity index (χ2v) is 6.72. The van der Waals surface area contributed by atoms with Gasteiger partial charge in [0.05, 0.1) is 16.8 Å². The highest BCUT2D eigenvalue weighted by molar-refractivity contribution is 6.12. The molecule has 0 aliphatic carbocycles. The van der Waals surface area contributed by atoms with Crippen molar-refractivity contribution in [3.05, 3.63) is 48.3 Å². The maximum atomic E-state index is 13.0. The molecule has 4 rings (SSSR count). The lowest BCUT2D eigenvalue weighted by molar-refractivity contribution is -0.121. The van der Waals surface area contributed by atoms with Gasteiger partial charge in [-0.3, -0.25) is 19.4 Å². The van der Waals surface area contributed by atoms with Gasteiger partial charge in [0.1, 0.15) is 5.82 Å². The van der Waals surface area contributed by atoms with E-state index in [0.717, 1.165) is 22.5 Å². The first-order valence-electron chi connectivity index (χ1n) is 8.01. The first kappa shape index (κ1) is 15.4. The van der Waals surface area contributed by atoms with Crippen LogP contribution in [0.15, 0.2) is 36.9 Å². The zero-order valence-corrected chi connectivity index (χ0v) is 14.6. The molecule has 1 aliphatic rings. The van der Waals surface area contributed by atoms with E-state index in [1.165, 1.54) is 0 Å². The van der Waals surface area contributed by atoms with Crippen LogP contribution in [0.5, 0.6) is 0 Å². The lowest BCUT2D eigenvalue weighted by Crippen LogP contribution is -2.33. The van der Waals surface area contributed by atoms with Gasteiger partial charge in [0.2, 0.25) is 5.91 Å². The quantitative estimate of drug-likeness (QED) is 0.720. The molecule has 126 valence electrons. The number of anilines is 2. The third kappa shape index (κ3) is 2.31. The molecule has 1 amide bonds. The lowest BCUT2D eigenvalue weighted by atomic mass is 9.87. The van der Waals surface area contributed by atoms with E-state index in [-0.39, 0.29) is 5.91 Å². The van der Waals surface area contributed by atoms with Crippen LogP contribution in [0.25, 0.3) is 11.3 Å². The minimum Gasteiger partial charge on any atom is -0.274 e. The number of aromatic nitrogens is 5. The maximum absolute atomic E-state index is 13.0. The van der Waals surface area contributed by atoms with Crippen LogP contribution < -0.4 is 4.90 Å². The number of pyridine rings is 1. The number of nitrogens with zero attached hydrogens (tertiary/aromatic N) is 6. The summed E-state index contributed by atoms with van der Waals surface area (Å²) in [6.45, 7) is 5.66. The van der Waals surface area contributed by atoms with Crippen molar-refractivity contribution < 1.29 is 4.79 Å². The predicted octanol–water partition coefficient (Wildman–Crippen LogP) is 2.54. The highest BCUT2D eigenvalue weighted by Crippen LogP contribution is 2.45. The maximum Gasteiger partial charge on any atom is 0.243 e. The van der Waals surface area contributed by atoms with E-state index in [1.54, 1.807) is 28.2 Å². The van der Waals surface area contributed by atoms with E-state index >= 15 is 0 Å². The number of rotatable bonds is 2. The summed E-state index contributed by atoms with van der Waals surface area (Å²) in [5, 5.41) is 4.40. The Morgan fingerprint density at radius 1 is 1.08 bits per heavy atom. The number of aryl methyl sites for hydroxylation is 2. The summed E-state index contributed by atoms with van der Waals surface area (Å²) in [7, 11) is 1.83. The molecule has 3 aromatic heterocycles. The van der Waals surface area contributed by atoms with Crippen molar-refractivity contribution in [2.45, 2.75) is 26.2 Å². The van der Waals surface area contributed by atoms with E-state index in [1.807, 2.05) is 46.1 Å². The molecule has 0 spiro atoms. The van der Waals surface area contributed by atoms with Gasteiger partial charge in [0.25, 0.3) is 0 Å². The van der Waals surface area contributed by atoms with Gasteiger partial charge in [-0.15, -0.1) is 0 Å². The van der Waals surface area contributed by atoms with Crippen molar-refractivity contribution in [1.29, 1.82) is 0 Å². The van der Waals surface area contributed by atoms with Crippen molar-refractivity contribution in [2.24, 2.45) is 7.05 Å². The molecule has 0 radical (unpaired) electrons. The van der Waals surface area contributed by atoms with Crippen LogP contribution in [-0.4, -0.2) is 30.6 Å². The van der Waals surface area contributed by atoms with E-state index in [0.29, 0.717) is 11.6 Å². The Labute approximate surface area is 145 Å². The fourth-order valence-corrected chi connectivity index (χ4v) is 3.05. The first-order chi connectivity index (χ1) is 11.9. The third-order valence-corrected chi connectivity index (χ3v) is 4.54. The summed E-state index contributed by atoms with van der Waals surface area (Å²) in [6.07, 6.45) is 7.07. The second kappa shape index (κ2) is 5.20. The monoisotopic (exact) mass is 334 g/mol. The van der Waals surface area contributed by atoms with Gasteiger partial charge in [0, 0.05) is 49.0 Å². The van der Waals surface area contributed by atoms with E-state index in [2.05, 4.69) is 20.1 Å². The van der Waals surface area contributed by atoms with E-state index in [4.69, 9.17) is 0 Å². The summed E-state index contributed by atoms with van der Waals surface area (Å²) < 4.78 is 1.68. The fraction of sp³-hybridized carbons (Fsp3) is 0.278. The number of fused-ring (bicyclic) bond motifs is 1. The standard InChI is InChI=1S/C18H18N6O/c1-11-19-8-12(9-20-11)14-7-15-13(10-21-14)18(2,3)17(25)24(15)16-5-6-23(4)22-16/h5-10H,1-4H3. The Bertz CT molecular complexity index is 973. The topological polar surface area (TPSA) is 76.8 Å². The van der Waals surface area contributed by atoms with Crippen LogP contribution in [0.2, 0.25) is 0 Å². The zero-order chi connectivity index (χ0) is 17.8. The fourth-order valence-electron chi connectivity index (χ4n) is 3.05. The van der Waals surface area contributed by atoms with Crippen LogP contribution in [0.1, 0.15) is 25.2 Å². The van der Waals surface area contributed by atoms with Crippen molar-refractivity contribution >= 4 is 17.4 Å². The van der Waals surface area contributed by atoms with Gasteiger partial charge in [-0.05, 0) is 26.8 Å². The smallest absolute Gasteiger partial charge is 0.243 e. The van der Waals surface area contributed by atoms with Gasteiger partial charge in [0.15, 0.2) is 5.82 Å².